The number of piperidine rings is 1. The highest BCUT2D eigenvalue weighted by Gasteiger charge is 2.37. The largest absolute Gasteiger partial charge is 0.426 e. The van der Waals surface area contributed by atoms with E-state index < -0.39 is 37.4 Å². The molecule has 3 rings (SSSR count). The standard InChI is InChI=1S/C22H18N4O6S/c23-13-17(14-24)12-16-7-9-19(10-8-16)32-22(27)18-4-3-11-25(15-18)33(30,31)21-6-2-1-5-20(21)26(28)29/h1-2,5-10,12,18H,3-4,11,15H2. The third-order valence-corrected chi connectivity index (χ3v) is 6.96. The lowest BCUT2D eigenvalue weighted by Gasteiger charge is -2.30. The molecule has 1 aliphatic rings. The average Bonchev–Trinajstić information content (AvgIpc) is 2.83. The fourth-order valence-corrected chi connectivity index (χ4v) is 5.09. The second-order valence-corrected chi connectivity index (χ2v) is 9.11. The number of esters is 1. The Labute approximate surface area is 190 Å². The lowest BCUT2D eigenvalue weighted by Crippen LogP contribution is -2.43. The van der Waals surface area contributed by atoms with Crippen LogP contribution < -0.4 is 4.74 Å². The number of nitro benzene ring substituents is 1. The number of nitrogens with zero attached hydrogens (tertiary/aromatic N) is 4. The van der Waals surface area contributed by atoms with Gasteiger partial charge < -0.3 is 4.74 Å². The summed E-state index contributed by atoms with van der Waals surface area (Å²) in [5, 5.41) is 28.9. The zero-order chi connectivity index (χ0) is 24.0. The first-order valence-electron chi connectivity index (χ1n) is 9.83. The molecule has 168 valence electrons. The van der Waals surface area contributed by atoms with Crippen LogP contribution in [0.25, 0.3) is 6.08 Å². The van der Waals surface area contributed by atoms with Crippen LogP contribution in [-0.2, 0) is 14.8 Å². The molecule has 0 bridgehead atoms. The molecule has 0 radical (unpaired) electrons. The summed E-state index contributed by atoms with van der Waals surface area (Å²) in [4.78, 5) is 22.7. The monoisotopic (exact) mass is 466 g/mol. The molecule has 2 aromatic rings. The number of hydrogen-bond donors (Lipinski definition) is 0. The van der Waals surface area contributed by atoms with Crippen LogP contribution in [0.4, 0.5) is 5.69 Å². The van der Waals surface area contributed by atoms with Crippen molar-refractivity contribution < 1.29 is 22.9 Å². The van der Waals surface area contributed by atoms with Crippen molar-refractivity contribution in [3.05, 3.63) is 69.8 Å². The number of carbonyl (C=O) groups is 1. The van der Waals surface area contributed by atoms with Crippen molar-refractivity contribution in [1.29, 1.82) is 10.5 Å². The van der Waals surface area contributed by atoms with Crippen LogP contribution in [0.1, 0.15) is 18.4 Å². The van der Waals surface area contributed by atoms with Gasteiger partial charge in [-0.2, -0.15) is 14.8 Å². The van der Waals surface area contributed by atoms with Gasteiger partial charge in [-0.1, -0.05) is 24.3 Å². The second kappa shape index (κ2) is 10.0. The Bertz CT molecular complexity index is 1270. The van der Waals surface area contributed by atoms with Gasteiger partial charge in [0, 0.05) is 19.2 Å². The minimum absolute atomic E-state index is 0.0677. The zero-order valence-corrected chi connectivity index (χ0v) is 18.1. The maximum Gasteiger partial charge on any atom is 0.315 e. The fraction of sp³-hybridized carbons (Fsp3) is 0.227. The van der Waals surface area contributed by atoms with Crippen LogP contribution in [0.15, 0.2) is 59.0 Å². The molecule has 1 aliphatic heterocycles. The molecule has 0 spiro atoms. The lowest BCUT2D eigenvalue weighted by atomic mass is 10.00. The minimum atomic E-state index is -4.17. The van der Waals surface area contributed by atoms with E-state index in [0.29, 0.717) is 18.4 Å². The van der Waals surface area contributed by atoms with Crippen LogP contribution in [0.5, 0.6) is 5.75 Å². The van der Waals surface area contributed by atoms with E-state index >= 15 is 0 Å². The maximum absolute atomic E-state index is 13.0. The smallest absolute Gasteiger partial charge is 0.315 e. The van der Waals surface area contributed by atoms with Crippen molar-refractivity contribution >= 4 is 27.8 Å². The van der Waals surface area contributed by atoms with Gasteiger partial charge in [0.25, 0.3) is 5.69 Å². The van der Waals surface area contributed by atoms with E-state index in [1.54, 1.807) is 24.3 Å². The molecule has 1 unspecified atom stereocenters. The normalized spacial score (nSPS) is 16.1. The van der Waals surface area contributed by atoms with Crippen LogP contribution in [0, 0.1) is 38.7 Å². The van der Waals surface area contributed by atoms with E-state index in [1.807, 2.05) is 0 Å². The fourth-order valence-electron chi connectivity index (χ4n) is 3.41. The van der Waals surface area contributed by atoms with Crippen LogP contribution in [0.2, 0.25) is 0 Å². The molecule has 10 nitrogen and oxygen atoms in total. The number of nitriles is 2. The second-order valence-electron chi connectivity index (χ2n) is 7.20. The molecule has 1 atom stereocenters. The summed E-state index contributed by atoms with van der Waals surface area (Å²) in [6.07, 6.45) is 2.20. The Morgan fingerprint density at radius 3 is 2.45 bits per heavy atom. The summed E-state index contributed by atoms with van der Waals surface area (Å²) < 4.78 is 32.5. The Morgan fingerprint density at radius 1 is 1.15 bits per heavy atom. The number of rotatable bonds is 6. The number of ether oxygens (including phenoxy) is 1. The molecule has 1 saturated heterocycles. The third kappa shape index (κ3) is 5.41. The molecule has 0 aliphatic carbocycles. The van der Waals surface area contributed by atoms with E-state index in [1.165, 1.54) is 36.4 Å². The minimum Gasteiger partial charge on any atom is -0.426 e. The summed E-state index contributed by atoms with van der Waals surface area (Å²) in [5.41, 5.74) is -0.0125. The van der Waals surface area contributed by atoms with Gasteiger partial charge in [0.05, 0.1) is 10.8 Å². The van der Waals surface area contributed by atoms with Crippen molar-refractivity contribution in [3.8, 4) is 17.9 Å². The summed E-state index contributed by atoms with van der Waals surface area (Å²) in [5.74, 6) is -1.12. The summed E-state index contributed by atoms with van der Waals surface area (Å²) >= 11 is 0. The Morgan fingerprint density at radius 2 is 1.82 bits per heavy atom. The molecule has 0 aromatic heterocycles. The molecule has 1 heterocycles. The highest BCUT2D eigenvalue weighted by atomic mass is 32.2. The van der Waals surface area contributed by atoms with Gasteiger partial charge in [-0.05, 0) is 42.7 Å². The van der Waals surface area contributed by atoms with Gasteiger partial charge in [0.2, 0.25) is 10.0 Å². The van der Waals surface area contributed by atoms with Gasteiger partial charge in [-0.3, -0.25) is 14.9 Å². The SMILES string of the molecule is N#CC(C#N)=Cc1ccc(OC(=O)C2CCCN(S(=O)(=O)c3ccccc3[N+](=O)[O-])C2)cc1. The highest BCUT2D eigenvalue weighted by molar-refractivity contribution is 7.89. The molecule has 11 heteroatoms. The number of carbonyl (C=O) groups excluding carboxylic acids is 1. The first kappa shape index (κ1) is 23.6. The van der Waals surface area contributed by atoms with Gasteiger partial charge in [-0.25, -0.2) is 8.42 Å². The summed E-state index contributed by atoms with van der Waals surface area (Å²) in [7, 11) is -4.17. The van der Waals surface area contributed by atoms with Crippen molar-refractivity contribution in [2.24, 2.45) is 5.92 Å². The van der Waals surface area contributed by atoms with Gasteiger partial charge in [0.15, 0.2) is 4.90 Å². The Kier molecular flexibility index (Phi) is 7.18. The Hall–Kier alpha value is -4.06. The molecular weight excluding hydrogens is 448 g/mol. The molecule has 2 aromatic carbocycles. The molecule has 1 fully saturated rings. The molecule has 0 saturated carbocycles. The van der Waals surface area contributed by atoms with Crippen LogP contribution in [0.3, 0.4) is 0 Å². The highest BCUT2D eigenvalue weighted by Crippen LogP contribution is 2.30. The predicted octanol–water partition coefficient (Wildman–Crippen LogP) is 3.03. The molecule has 0 amide bonds. The Balaban J connectivity index is 1.73. The van der Waals surface area contributed by atoms with E-state index in [4.69, 9.17) is 15.3 Å². The van der Waals surface area contributed by atoms with Gasteiger partial charge in [-0.15, -0.1) is 0 Å². The third-order valence-electron chi connectivity index (χ3n) is 5.05. The number of para-hydroxylation sites is 1. The molecule has 0 N–H and O–H groups in total. The summed E-state index contributed by atoms with van der Waals surface area (Å²) in [6, 6.07) is 14.7. The quantitative estimate of drug-likeness (QED) is 0.207. The average molecular weight is 466 g/mol. The van der Waals surface area contributed by atoms with Crippen molar-refractivity contribution in [2.45, 2.75) is 17.7 Å². The van der Waals surface area contributed by atoms with E-state index in [2.05, 4.69) is 0 Å². The van der Waals surface area contributed by atoms with E-state index in [-0.39, 0.29) is 24.4 Å². The predicted molar refractivity (Wildman–Crippen MR) is 116 cm³/mol. The van der Waals surface area contributed by atoms with E-state index in [9.17, 15) is 23.3 Å². The maximum atomic E-state index is 13.0. The lowest BCUT2D eigenvalue weighted by molar-refractivity contribution is -0.387. The number of sulfonamides is 1. The van der Waals surface area contributed by atoms with Gasteiger partial charge in [0.1, 0.15) is 23.5 Å². The molecular formula is C22H18N4O6S. The van der Waals surface area contributed by atoms with Gasteiger partial charge >= 0.3 is 5.97 Å². The first-order valence-corrected chi connectivity index (χ1v) is 11.3. The number of nitro groups is 1. The molecule has 33 heavy (non-hydrogen) atoms. The zero-order valence-electron chi connectivity index (χ0n) is 17.2. The van der Waals surface area contributed by atoms with Crippen molar-refractivity contribution in [3.63, 3.8) is 0 Å². The number of benzene rings is 2. The first-order chi connectivity index (χ1) is 15.8. The number of allylic oxidation sites excluding steroid dienone is 1. The summed E-state index contributed by atoms with van der Waals surface area (Å²) in [6.45, 7) is -0.0128. The van der Waals surface area contributed by atoms with Crippen molar-refractivity contribution in [2.75, 3.05) is 13.1 Å². The van der Waals surface area contributed by atoms with Crippen LogP contribution >= 0.6 is 0 Å². The topological polar surface area (TPSA) is 154 Å². The van der Waals surface area contributed by atoms with Crippen LogP contribution in [-0.4, -0.2) is 36.7 Å². The van der Waals surface area contributed by atoms with E-state index in [0.717, 1.165) is 10.4 Å². The van der Waals surface area contributed by atoms with Crippen molar-refractivity contribution in [1.82, 2.24) is 4.31 Å². The number of hydrogen-bond acceptors (Lipinski definition) is 8.